The van der Waals surface area contributed by atoms with Crippen molar-refractivity contribution in [3.05, 3.63) is 65.2 Å². The van der Waals surface area contributed by atoms with Crippen LogP contribution in [0.25, 0.3) is 0 Å². The second-order valence-corrected chi connectivity index (χ2v) is 4.61. The predicted octanol–water partition coefficient (Wildman–Crippen LogP) is 3.18. The van der Waals surface area contributed by atoms with Gasteiger partial charge in [0.1, 0.15) is 11.6 Å². The fourth-order valence-corrected chi connectivity index (χ4v) is 1.97. The van der Waals surface area contributed by atoms with Gasteiger partial charge in [-0.05, 0) is 36.9 Å². The van der Waals surface area contributed by atoms with Gasteiger partial charge < -0.3 is 5.73 Å². The molecule has 0 heterocycles. The summed E-state index contributed by atoms with van der Waals surface area (Å²) in [6.45, 7) is 1.02. The van der Waals surface area contributed by atoms with E-state index in [9.17, 15) is 8.78 Å². The third-order valence-corrected chi connectivity index (χ3v) is 2.95. The van der Waals surface area contributed by atoms with Gasteiger partial charge in [-0.3, -0.25) is 4.90 Å². The Morgan fingerprint density at radius 2 is 1.68 bits per heavy atom. The highest BCUT2D eigenvalue weighted by atomic mass is 19.1. The quantitative estimate of drug-likeness (QED) is 0.857. The second-order valence-electron chi connectivity index (χ2n) is 4.61. The van der Waals surface area contributed by atoms with Gasteiger partial charge in [-0.1, -0.05) is 18.2 Å². The molecule has 19 heavy (non-hydrogen) atoms. The van der Waals surface area contributed by atoms with E-state index in [4.69, 9.17) is 5.73 Å². The maximum Gasteiger partial charge on any atom is 0.129 e. The molecule has 2 aromatic carbocycles. The van der Waals surface area contributed by atoms with Crippen LogP contribution in [0.2, 0.25) is 0 Å². The van der Waals surface area contributed by atoms with E-state index in [0.717, 1.165) is 5.56 Å². The van der Waals surface area contributed by atoms with E-state index in [1.165, 1.54) is 18.2 Å². The van der Waals surface area contributed by atoms with Gasteiger partial charge in [0.25, 0.3) is 0 Å². The lowest BCUT2D eigenvalue weighted by Crippen LogP contribution is -2.19. The molecule has 0 aliphatic carbocycles. The monoisotopic (exact) mass is 262 g/mol. The lowest BCUT2D eigenvalue weighted by atomic mass is 10.1. The molecule has 0 radical (unpaired) electrons. The molecule has 0 unspecified atom stereocenters. The summed E-state index contributed by atoms with van der Waals surface area (Å²) in [5, 5.41) is 0. The number of nitrogens with two attached hydrogens (primary N) is 1. The van der Waals surface area contributed by atoms with Crippen LogP contribution < -0.4 is 5.73 Å². The van der Waals surface area contributed by atoms with E-state index in [0.29, 0.717) is 24.3 Å². The fourth-order valence-electron chi connectivity index (χ4n) is 1.97. The van der Waals surface area contributed by atoms with E-state index in [2.05, 4.69) is 0 Å². The summed E-state index contributed by atoms with van der Waals surface area (Å²) in [7, 11) is 1.87. The maximum atomic E-state index is 13.6. The number of hydrogen-bond acceptors (Lipinski definition) is 2. The number of anilines is 1. The standard InChI is InChI=1S/C15H16F2N2/c1-19(9-11-5-7-12(16)8-6-11)10-13-14(17)3-2-4-15(13)18/h2-8H,9-10,18H2,1H3. The summed E-state index contributed by atoms with van der Waals surface area (Å²) in [4.78, 5) is 1.93. The average molecular weight is 262 g/mol. The van der Waals surface area contributed by atoms with Crippen LogP contribution in [0.4, 0.5) is 14.5 Å². The molecule has 0 spiro atoms. The highest BCUT2D eigenvalue weighted by molar-refractivity contribution is 5.47. The van der Waals surface area contributed by atoms with Gasteiger partial charge in [0.05, 0.1) is 0 Å². The van der Waals surface area contributed by atoms with Crippen molar-refractivity contribution in [1.82, 2.24) is 4.90 Å². The Kier molecular flexibility index (Phi) is 4.12. The number of hydrogen-bond donors (Lipinski definition) is 1. The van der Waals surface area contributed by atoms with Gasteiger partial charge in [-0.15, -0.1) is 0 Å². The molecule has 0 bridgehead atoms. The zero-order valence-electron chi connectivity index (χ0n) is 10.7. The summed E-state index contributed by atoms with van der Waals surface area (Å²) < 4.78 is 26.4. The summed E-state index contributed by atoms with van der Waals surface area (Å²) in [6, 6.07) is 10.9. The van der Waals surface area contributed by atoms with Crippen LogP contribution in [0.3, 0.4) is 0 Å². The molecule has 0 saturated carbocycles. The summed E-state index contributed by atoms with van der Waals surface area (Å²) in [6.07, 6.45) is 0. The van der Waals surface area contributed by atoms with E-state index in [1.807, 2.05) is 11.9 Å². The molecule has 4 heteroatoms. The van der Waals surface area contributed by atoms with Crippen molar-refractivity contribution in [3.63, 3.8) is 0 Å². The maximum absolute atomic E-state index is 13.6. The smallest absolute Gasteiger partial charge is 0.129 e. The molecule has 2 aromatic rings. The number of halogens is 2. The third kappa shape index (κ3) is 3.51. The highest BCUT2D eigenvalue weighted by Crippen LogP contribution is 2.18. The molecule has 2 rings (SSSR count). The number of rotatable bonds is 4. The molecule has 0 saturated heterocycles. The molecule has 0 fully saturated rings. The van der Waals surface area contributed by atoms with Gasteiger partial charge in [0.15, 0.2) is 0 Å². The van der Waals surface area contributed by atoms with Gasteiger partial charge in [-0.25, -0.2) is 8.78 Å². The molecular weight excluding hydrogens is 246 g/mol. The van der Waals surface area contributed by atoms with Crippen molar-refractivity contribution < 1.29 is 8.78 Å². The first-order valence-electron chi connectivity index (χ1n) is 6.02. The van der Waals surface area contributed by atoms with Crippen LogP contribution >= 0.6 is 0 Å². The predicted molar refractivity (Wildman–Crippen MR) is 72.4 cm³/mol. The van der Waals surface area contributed by atoms with Gasteiger partial charge >= 0.3 is 0 Å². The molecule has 2 N–H and O–H groups in total. The minimum Gasteiger partial charge on any atom is -0.398 e. The second kappa shape index (κ2) is 5.80. The number of nitrogen functional groups attached to an aromatic ring is 1. The molecule has 0 aliphatic heterocycles. The lowest BCUT2D eigenvalue weighted by Gasteiger charge is -2.18. The first-order valence-corrected chi connectivity index (χ1v) is 6.02. The van der Waals surface area contributed by atoms with Crippen LogP contribution in [-0.4, -0.2) is 11.9 Å². The molecule has 2 nitrogen and oxygen atoms in total. The normalized spacial score (nSPS) is 10.9. The van der Waals surface area contributed by atoms with Crippen LogP contribution in [-0.2, 0) is 13.1 Å². The molecule has 0 atom stereocenters. The average Bonchev–Trinajstić information content (AvgIpc) is 2.37. The minimum atomic E-state index is -0.300. The Labute approximate surface area is 111 Å². The summed E-state index contributed by atoms with van der Waals surface area (Å²) >= 11 is 0. The fraction of sp³-hybridized carbons (Fsp3) is 0.200. The summed E-state index contributed by atoms with van der Waals surface area (Å²) in [5.74, 6) is -0.560. The van der Waals surface area contributed by atoms with Crippen molar-refractivity contribution >= 4 is 5.69 Å². The van der Waals surface area contributed by atoms with E-state index >= 15 is 0 Å². The van der Waals surface area contributed by atoms with Crippen molar-refractivity contribution in [1.29, 1.82) is 0 Å². The Hall–Kier alpha value is -1.94. The molecule has 0 aliphatic rings. The number of nitrogens with zero attached hydrogens (tertiary/aromatic N) is 1. The zero-order chi connectivity index (χ0) is 13.8. The Balaban J connectivity index is 2.05. The first-order chi connectivity index (χ1) is 9.06. The topological polar surface area (TPSA) is 29.3 Å². The summed E-state index contributed by atoms with van der Waals surface area (Å²) in [5.41, 5.74) is 7.68. The largest absolute Gasteiger partial charge is 0.398 e. The van der Waals surface area contributed by atoms with Crippen molar-refractivity contribution in [3.8, 4) is 0 Å². The minimum absolute atomic E-state index is 0.259. The van der Waals surface area contributed by atoms with Crippen molar-refractivity contribution in [2.75, 3.05) is 12.8 Å². The van der Waals surface area contributed by atoms with Crippen LogP contribution in [0.1, 0.15) is 11.1 Å². The zero-order valence-corrected chi connectivity index (χ0v) is 10.7. The first kappa shape index (κ1) is 13.5. The SMILES string of the molecule is CN(Cc1ccc(F)cc1)Cc1c(N)cccc1F. The van der Waals surface area contributed by atoms with Crippen LogP contribution in [0.15, 0.2) is 42.5 Å². The van der Waals surface area contributed by atoms with E-state index in [1.54, 1.807) is 24.3 Å². The van der Waals surface area contributed by atoms with Crippen LogP contribution in [0.5, 0.6) is 0 Å². The Bertz CT molecular complexity index is 532. The molecule has 0 aromatic heterocycles. The van der Waals surface area contributed by atoms with Crippen molar-refractivity contribution in [2.24, 2.45) is 0 Å². The Morgan fingerprint density at radius 3 is 2.32 bits per heavy atom. The third-order valence-electron chi connectivity index (χ3n) is 2.95. The number of benzene rings is 2. The van der Waals surface area contributed by atoms with E-state index in [-0.39, 0.29) is 11.6 Å². The molecular formula is C15H16F2N2. The Morgan fingerprint density at radius 1 is 1.00 bits per heavy atom. The van der Waals surface area contributed by atoms with Crippen molar-refractivity contribution in [2.45, 2.75) is 13.1 Å². The van der Waals surface area contributed by atoms with Crippen LogP contribution in [0, 0.1) is 11.6 Å². The molecule has 0 amide bonds. The van der Waals surface area contributed by atoms with Gasteiger partial charge in [-0.2, -0.15) is 0 Å². The van der Waals surface area contributed by atoms with E-state index < -0.39 is 0 Å². The van der Waals surface area contributed by atoms with Gasteiger partial charge in [0, 0.05) is 24.3 Å². The lowest BCUT2D eigenvalue weighted by molar-refractivity contribution is 0.314. The van der Waals surface area contributed by atoms with Gasteiger partial charge in [0.2, 0.25) is 0 Å². The highest BCUT2D eigenvalue weighted by Gasteiger charge is 2.09. The molecule has 100 valence electrons.